The lowest BCUT2D eigenvalue weighted by molar-refractivity contribution is -0.142. The zero-order chi connectivity index (χ0) is 17.8. The number of carbonyl (C=O) groups is 2. The lowest BCUT2D eigenvalue weighted by Gasteiger charge is -2.40. The molecule has 1 aliphatic rings. The topological polar surface area (TPSA) is 78.9 Å². The van der Waals surface area contributed by atoms with Crippen LogP contribution in [0.4, 0.5) is 4.79 Å². The van der Waals surface area contributed by atoms with Crippen LogP contribution in [0.3, 0.4) is 0 Å². The molecule has 0 radical (unpaired) electrons. The molecule has 1 rings (SSSR count). The number of nitrogens with zero attached hydrogens (tertiary/aromatic N) is 1. The largest absolute Gasteiger partial charge is 0.444 e. The van der Waals surface area contributed by atoms with Gasteiger partial charge in [-0.2, -0.15) is 0 Å². The lowest BCUT2D eigenvalue weighted by atomic mass is 9.88. The average molecular weight is 328 g/mol. The Bertz CT molecular complexity index is 423. The zero-order valence-electron chi connectivity index (χ0n) is 15.3. The van der Waals surface area contributed by atoms with Gasteiger partial charge in [0.1, 0.15) is 5.60 Å². The summed E-state index contributed by atoms with van der Waals surface area (Å²) in [5, 5.41) is 12.1. The molecule has 0 aromatic rings. The molecule has 2 atom stereocenters. The van der Waals surface area contributed by atoms with Crippen LogP contribution < -0.4 is 5.32 Å². The number of carbonyl (C=O) groups excluding carboxylic acids is 2. The van der Waals surface area contributed by atoms with E-state index in [-0.39, 0.29) is 24.5 Å². The maximum atomic E-state index is 12.5. The molecular weight excluding hydrogens is 296 g/mol. The number of likely N-dealkylation sites (tertiary alicyclic amines) is 1. The van der Waals surface area contributed by atoms with E-state index in [9.17, 15) is 14.7 Å². The van der Waals surface area contributed by atoms with Crippen LogP contribution in [0.25, 0.3) is 0 Å². The van der Waals surface area contributed by atoms with E-state index >= 15 is 0 Å². The fraction of sp³-hybridized carbons (Fsp3) is 0.882. The van der Waals surface area contributed by atoms with Crippen LogP contribution in [-0.4, -0.2) is 53.3 Å². The van der Waals surface area contributed by atoms with Crippen molar-refractivity contribution in [2.75, 3.05) is 19.7 Å². The molecule has 2 N–H and O–H groups in total. The third-order valence-electron chi connectivity index (χ3n) is 3.72. The van der Waals surface area contributed by atoms with Gasteiger partial charge in [0.25, 0.3) is 0 Å². The Kier molecular flexibility index (Phi) is 6.45. The zero-order valence-corrected chi connectivity index (χ0v) is 15.3. The highest BCUT2D eigenvalue weighted by Gasteiger charge is 2.35. The van der Waals surface area contributed by atoms with Gasteiger partial charge in [0, 0.05) is 25.1 Å². The van der Waals surface area contributed by atoms with Crippen molar-refractivity contribution in [2.45, 2.75) is 66.0 Å². The van der Waals surface area contributed by atoms with Crippen LogP contribution in [0.5, 0.6) is 0 Å². The minimum Gasteiger partial charge on any atom is -0.444 e. The minimum atomic E-state index is -0.551. The molecular formula is C17H32N2O4. The molecule has 134 valence electrons. The van der Waals surface area contributed by atoms with Crippen LogP contribution >= 0.6 is 0 Å². The van der Waals surface area contributed by atoms with Gasteiger partial charge in [-0.15, -0.1) is 0 Å². The maximum absolute atomic E-state index is 12.5. The van der Waals surface area contributed by atoms with Gasteiger partial charge >= 0.3 is 6.09 Å². The number of alkyl carbamates (subject to hydrolysis) is 1. The quantitative estimate of drug-likeness (QED) is 0.832. The number of aliphatic hydroxyl groups excluding tert-OH is 1. The Hall–Kier alpha value is -1.30. The fourth-order valence-electron chi connectivity index (χ4n) is 2.81. The Balaban J connectivity index is 2.75. The van der Waals surface area contributed by atoms with Crippen molar-refractivity contribution in [3.05, 3.63) is 0 Å². The van der Waals surface area contributed by atoms with Gasteiger partial charge < -0.3 is 20.1 Å². The third kappa shape index (κ3) is 6.77. The van der Waals surface area contributed by atoms with E-state index in [2.05, 4.69) is 5.32 Å². The van der Waals surface area contributed by atoms with Gasteiger partial charge in [0.15, 0.2) is 0 Å². The van der Waals surface area contributed by atoms with Crippen LogP contribution in [0.1, 0.15) is 54.4 Å². The number of piperidine rings is 1. The van der Waals surface area contributed by atoms with Crippen LogP contribution in [0.15, 0.2) is 0 Å². The summed E-state index contributed by atoms with van der Waals surface area (Å²) in [5.41, 5.74) is -1.01. The Morgan fingerprint density at radius 1 is 1.17 bits per heavy atom. The fourth-order valence-corrected chi connectivity index (χ4v) is 2.81. The number of aliphatic hydroxyl groups is 1. The number of nitrogens with one attached hydrogen (secondary N) is 1. The first-order chi connectivity index (χ1) is 10.4. The SMILES string of the molecule is CC(C)(C)OC(=O)NC1CC(CCO)CN(C(=O)C(C)(C)C)C1. The molecule has 6 heteroatoms. The average Bonchev–Trinajstić information content (AvgIpc) is 2.34. The van der Waals surface area contributed by atoms with E-state index in [0.29, 0.717) is 19.5 Å². The highest BCUT2D eigenvalue weighted by molar-refractivity contribution is 5.81. The highest BCUT2D eigenvalue weighted by Crippen LogP contribution is 2.25. The number of hydrogen-bond donors (Lipinski definition) is 2. The summed E-state index contributed by atoms with van der Waals surface area (Å²) in [6.07, 6.45) is 0.907. The van der Waals surface area contributed by atoms with Crippen molar-refractivity contribution in [2.24, 2.45) is 11.3 Å². The van der Waals surface area contributed by atoms with E-state index in [1.165, 1.54) is 0 Å². The Morgan fingerprint density at radius 3 is 2.26 bits per heavy atom. The lowest BCUT2D eigenvalue weighted by Crippen LogP contribution is -2.55. The van der Waals surface area contributed by atoms with E-state index in [0.717, 1.165) is 6.42 Å². The first-order valence-electron chi connectivity index (χ1n) is 8.32. The molecule has 0 aromatic carbocycles. The van der Waals surface area contributed by atoms with Crippen molar-refractivity contribution < 1.29 is 19.4 Å². The van der Waals surface area contributed by atoms with Crippen LogP contribution in [-0.2, 0) is 9.53 Å². The van der Waals surface area contributed by atoms with Crippen molar-refractivity contribution >= 4 is 12.0 Å². The Labute approximate surface area is 139 Å². The van der Waals surface area contributed by atoms with Crippen LogP contribution in [0, 0.1) is 11.3 Å². The normalized spacial score (nSPS) is 22.7. The van der Waals surface area contributed by atoms with Gasteiger partial charge in [0.05, 0.1) is 6.04 Å². The molecule has 0 aliphatic carbocycles. The summed E-state index contributed by atoms with van der Waals surface area (Å²) >= 11 is 0. The smallest absolute Gasteiger partial charge is 0.407 e. The van der Waals surface area contributed by atoms with E-state index in [1.807, 2.05) is 41.5 Å². The monoisotopic (exact) mass is 328 g/mol. The Morgan fingerprint density at radius 2 is 1.78 bits per heavy atom. The molecule has 1 saturated heterocycles. The van der Waals surface area contributed by atoms with Gasteiger partial charge in [-0.3, -0.25) is 4.79 Å². The molecule has 0 aromatic heterocycles. The summed E-state index contributed by atoms with van der Waals surface area (Å²) in [4.78, 5) is 26.3. The molecule has 0 bridgehead atoms. The summed E-state index contributed by atoms with van der Waals surface area (Å²) < 4.78 is 5.30. The van der Waals surface area contributed by atoms with Crippen molar-refractivity contribution in [1.82, 2.24) is 10.2 Å². The van der Waals surface area contributed by atoms with Crippen LogP contribution in [0.2, 0.25) is 0 Å². The molecule has 1 fully saturated rings. The molecule has 6 nitrogen and oxygen atoms in total. The first kappa shape index (κ1) is 19.7. The standard InChI is InChI=1S/C17H32N2O4/c1-16(2,3)14(21)19-10-12(7-8-20)9-13(11-19)18-15(22)23-17(4,5)6/h12-13,20H,7-11H2,1-6H3,(H,18,22). The maximum Gasteiger partial charge on any atom is 0.407 e. The number of rotatable bonds is 3. The molecule has 23 heavy (non-hydrogen) atoms. The van der Waals surface area contributed by atoms with E-state index in [1.54, 1.807) is 4.90 Å². The summed E-state index contributed by atoms with van der Waals surface area (Å²) in [6.45, 7) is 12.3. The molecule has 2 amide bonds. The number of ether oxygens (including phenoxy) is 1. The minimum absolute atomic E-state index is 0.0659. The van der Waals surface area contributed by atoms with Gasteiger partial charge in [-0.1, -0.05) is 20.8 Å². The second kappa shape index (κ2) is 7.51. The second-order valence-electron chi connectivity index (χ2n) is 8.42. The molecule has 1 aliphatic heterocycles. The second-order valence-corrected chi connectivity index (χ2v) is 8.42. The summed E-state index contributed by atoms with van der Waals surface area (Å²) in [6, 6.07) is -0.151. The van der Waals surface area contributed by atoms with Crippen molar-refractivity contribution in [3.8, 4) is 0 Å². The van der Waals surface area contributed by atoms with Crippen molar-refractivity contribution in [1.29, 1.82) is 0 Å². The van der Waals surface area contributed by atoms with Gasteiger partial charge in [-0.05, 0) is 39.5 Å². The molecule has 1 heterocycles. The number of hydrogen-bond acceptors (Lipinski definition) is 4. The summed E-state index contributed by atoms with van der Waals surface area (Å²) in [7, 11) is 0. The molecule has 0 saturated carbocycles. The van der Waals surface area contributed by atoms with Gasteiger partial charge in [-0.25, -0.2) is 4.79 Å². The highest BCUT2D eigenvalue weighted by atomic mass is 16.6. The predicted octanol–water partition coefficient (Wildman–Crippen LogP) is 2.16. The third-order valence-corrected chi connectivity index (χ3v) is 3.72. The molecule has 0 spiro atoms. The van der Waals surface area contributed by atoms with Gasteiger partial charge in [0.2, 0.25) is 5.91 Å². The van der Waals surface area contributed by atoms with E-state index < -0.39 is 17.1 Å². The number of amides is 2. The van der Waals surface area contributed by atoms with Crippen molar-refractivity contribution in [3.63, 3.8) is 0 Å². The first-order valence-corrected chi connectivity index (χ1v) is 8.32. The molecule has 2 unspecified atom stereocenters. The van der Waals surface area contributed by atoms with E-state index in [4.69, 9.17) is 4.74 Å². The predicted molar refractivity (Wildman–Crippen MR) is 89.0 cm³/mol. The summed E-state index contributed by atoms with van der Waals surface area (Å²) in [5.74, 6) is 0.246.